The van der Waals surface area contributed by atoms with Crippen LogP contribution in [0.2, 0.25) is 0 Å². The highest BCUT2D eigenvalue weighted by molar-refractivity contribution is 7.13. The Bertz CT molecular complexity index is 1150. The molecular formula is C23H20FN5O2S. The molecule has 1 unspecified atom stereocenters. The molecule has 0 aliphatic rings. The molecule has 32 heavy (non-hydrogen) atoms. The first-order valence-corrected chi connectivity index (χ1v) is 10.7. The van der Waals surface area contributed by atoms with Gasteiger partial charge in [0, 0.05) is 12.2 Å². The van der Waals surface area contributed by atoms with E-state index in [4.69, 9.17) is 4.74 Å². The quantitative estimate of drug-likeness (QED) is 0.390. The normalized spacial score (nSPS) is 11.6. The number of nitrogens with one attached hydrogen (secondary N) is 2. The van der Waals surface area contributed by atoms with E-state index in [-0.39, 0.29) is 17.8 Å². The lowest BCUT2D eigenvalue weighted by Gasteiger charge is -2.16. The molecule has 0 fully saturated rings. The Morgan fingerprint density at radius 1 is 1.09 bits per heavy atom. The minimum absolute atomic E-state index is 0.00489. The number of hydrogen-bond acceptors (Lipinski definition) is 7. The van der Waals surface area contributed by atoms with Crippen LogP contribution in [0.25, 0.3) is 0 Å². The number of pyridine rings is 1. The summed E-state index contributed by atoms with van der Waals surface area (Å²) in [7, 11) is 0. The zero-order valence-corrected chi connectivity index (χ0v) is 18.0. The number of ether oxygens (including phenoxy) is 1. The van der Waals surface area contributed by atoms with E-state index in [1.54, 1.807) is 29.8 Å². The second kappa shape index (κ2) is 9.97. The summed E-state index contributed by atoms with van der Waals surface area (Å²) >= 11 is 1.25. The number of amides is 1. The van der Waals surface area contributed by atoms with Crippen LogP contribution < -0.4 is 15.4 Å². The first-order chi connectivity index (χ1) is 15.6. The first-order valence-electron chi connectivity index (χ1n) is 9.84. The number of rotatable bonds is 8. The van der Waals surface area contributed by atoms with Gasteiger partial charge in [-0.15, -0.1) is 10.2 Å². The van der Waals surface area contributed by atoms with Crippen molar-refractivity contribution in [2.75, 3.05) is 10.6 Å². The van der Waals surface area contributed by atoms with Crippen molar-refractivity contribution in [1.29, 1.82) is 0 Å². The van der Waals surface area contributed by atoms with Gasteiger partial charge >= 0.3 is 0 Å². The molecule has 1 atom stereocenters. The lowest BCUT2D eigenvalue weighted by atomic mass is 10.1. The molecular weight excluding hydrogens is 429 g/mol. The Morgan fingerprint density at radius 3 is 2.53 bits per heavy atom. The van der Waals surface area contributed by atoms with Crippen molar-refractivity contribution >= 4 is 28.2 Å². The van der Waals surface area contributed by atoms with Gasteiger partial charge in [0.2, 0.25) is 5.13 Å². The van der Waals surface area contributed by atoms with Gasteiger partial charge in [0.1, 0.15) is 29.5 Å². The Kier molecular flexibility index (Phi) is 6.66. The number of aromatic nitrogens is 3. The average molecular weight is 450 g/mol. The zero-order valence-electron chi connectivity index (χ0n) is 17.2. The number of nitrogens with zero attached hydrogens (tertiary/aromatic N) is 3. The number of halogens is 1. The van der Waals surface area contributed by atoms with Crippen LogP contribution in [0, 0.1) is 5.82 Å². The highest BCUT2D eigenvalue weighted by Crippen LogP contribution is 2.22. The average Bonchev–Trinajstić information content (AvgIpc) is 3.32. The van der Waals surface area contributed by atoms with E-state index in [0.29, 0.717) is 23.1 Å². The largest absolute Gasteiger partial charge is 0.489 e. The van der Waals surface area contributed by atoms with Gasteiger partial charge in [0.25, 0.3) is 5.91 Å². The Morgan fingerprint density at radius 2 is 1.88 bits per heavy atom. The topological polar surface area (TPSA) is 89.0 Å². The van der Waals surface area contributed by atoms with Crippen LogP contribution in [-0.4, -0.2) is 21.1 Å². The Labute approximate surface area is 188 Å². The second-order valence-corrected chi connectivity index (χ2v) is 7.81. The molecule has 0 spiro atoms. The van der Waals surface area contributed by atoms with Crippen LogP contribution in [0.4, 0.5) is 15.3 Å². The number of anilines is 2. The lowest BCUT2D eigenvalue weighted by molar-refractivity contribution is 0.102. The summed E-state index contributed by atoms with van der Waals surface area (Å²) in [5.74, 6) is 0.834. The van der Waals surface area contributed by atoms with E-state index in [1.807, 2.05) is 31.2 Å². The molecule has 2 aromatic carbocycles. The van der Waals surface area contributed by atoms with Gasteiger partial charge in [-0.25, -0.2) is 9.37 Å². The number of carbonyl (C=O) groups is 1. The highest BCUT2D eigenvalue weighted by Gasteiger charge is 2.10. The monoisotopic (exact) mass is 449 g/mol. The molecule has 4 aromatic rings. The summed E-state index contributed by atoms with van der Waals surface area (Å²) in [6, 6.07) is 17.4. The third-order valence-corrected chi connectivity index (χ3v) is 5.28. The lowest BCUT2D eigenvalue weighted by Crippen LogP contribution is -2.13. The maximum Gasteiger partial charge on any atom is 0.259 e. The molecule has 0 aliphatic carbocycles. The Balaban J connectivity index is 1.30. The minimum atomic E-state index is -0.287. The van der Waals surface area contributed by atoms with Crippen molar-refractivity contribution < 1.29 is 13.9 Å². The molecule has 0 radical (unpaired) electrons. The van der Waals surface area contributed by atoms with Crippen molar-refractivity contribution in [2.45, 2.75) is 19.6 Å². The van der Waals surface area contributed by atoms with Gasteiger partial charge in [0.15, 0.2) is 0 Å². The molecule has 0 saturated carbocycles. The van der Waals surface area contributed by atoms with Gasteiger partial charge in [-0.2, -0.15) is 0 Å². The fraction of sp³-hybridized carbons (Fsp3) is 0.130. The van der Waals surface area contributed by atoms with Gasteiger partial charge in [-0.05, 0) is 54.4 Å². The standard InChI is InChI=1S/C23H20FN5O2S/c1-15(17-4-9-20(10-5-17)31-13-16-2-7-19(24)8-3-16)27-21-11-6-18(12-25-21)22(30)28-23-29-26-14-32-23/h2-12,14-15H,13H2,1H3,(H,25,27)(H,28,29,30). The van der Waals surface area contributed by atoms with Gasteiger partial charge in [-0.3, -0.25) is 10.1 Å². The van der Waals surface area contributed by atoms with E-state index in [1.165, 1.54) is 29.7 Å². The molecule has 162 valence electrons. The molecule has 2 N–H and O–H groups in total. The molecule has 4 rings (SSSR count). The molecule has 0 saturated heterocycles. The summed E-state index contributed by atoms with van der Waals surface area (Å²) < 4.78 is 18.7. The highest BCUT2D eigenvalue weighted by atomic mass is 32.1. The number of benzene rings is 2. The van der Waals surface area contributed by atoms with Crippen LogP contribution >= 0.6 is 11.3 Å². The summed E-state index contributed by atoms with van der Waals surface area (Å²) in [6.07, 6.45) is 1.51. The van der Waals surface area contributed by atoms with Crippen molar-refractivity contribution in [1.82, 2.24) is 15.2 Å². The first kappa shape index (κ1) is 21.4. The van der Waals surface area contributed by atoms with E-state index >= 15 is 0 Å². The number of carbonyl (C=O) groups excluding carboxylic acids is 1. The van der Waals surface area contributed by atoms with Crippen LogP contribution in [0.5, 0.6) is 5.75 Å². The maximum atomic E-state index is 13.0. The third-order valence-electron chi connectivity index (χ3n) is 4.67. The molecule has 0 bridgehead atoms. The number of hydrogen-bond donors (Lipinski definition) is 2. The van der Waals surface area contributed by atoms with Crippen molar-refractivity contribution in [3.8, 4) is 5.75 Å². The van der Waals surface area contributed by atoms with Crippen LogP contribution in [0.15, 0.2) is 72.4 Å². The molecule has 0 aliphatic heterocycles. The summed E-state index contributed by atoms with van der Waals surface area (Å²) in [4.78, 5) is 16.5. The SMILES string of the molecule is CC(Nc1ccc(C(=O)Nc2nncs2)cn1)c1ccc(OCc2ccc(F)cc2)cc1. The second-order valence-electron chi connectivity index (χ2n) is 6.98. The fourth-order valence-corrected chi connectivity index (χ4v) is 3.36. The molecule has 2 aromatic heterocycles. The van der Waals surface area contributed by atoms with Crippen LogP contribution in [-0.2, 0) is 6.61 Å². The van der Waals surface area contributed by atoms with E-state index in [2.05, 4.69) is 25.8 Å². The van der Waals surface area contributed by atoms with Gasteiger partial charge < -0.3 is 10.1 Å². The van der Waals surface area contributed by atoms with Gasteiger partial charge in [0.05, 0.1) is 5.56 Å². The van der Waals surface area contributed by atoms with Crippen molar-refractivity contribution in [3.05, 3.63) is 94.9 Å². The van der Waals surface area contributed by atoms with Crippen LogP contribution in [0.1, 0.15) is 34.5 Å². The van der Waals surface area contributed by atoms with Gasteiger partial charge in [-0.1, -0.05) is 35.6 Å². The predicted molar refractivity (Wildman–Crippen MR) is 121 cm³/mol. The van der Waals surface area contributed by atoms with Crippen molar-refractivity contribution in [3.63, 3.8) is 0 Å². The molecule has 2 heterocycles. The molecule has 7 nitrogen and oxygen atoms in total. The summed E-state index contributed by atoms with van der Waals surface area (Å²) in [5, 5.41) is 13.9. The predicted octanol–water partition coefficient (Wildman–Crippen LogP) is 5.08. The van der Waals surface area contributed by atoms with Crippen molar-refractivity contribution in [2.24, 2.45) is 0 Å². The van der Waals surface area contributed by atoms with Crippen LogP contribution in [0.3, 0.4) is 0 Å². The zero-order chi connectivity index (χ0) is 22.3. The minimum Gasteiger partial charge on any atom is -0.489 e. The smallest absolute Gasteiger partial charge is 0.259 e. The third kappa shape index (κ3) is 5.64. The molecule has 9 heteroatoms. The maximum absolute atomic E-state index is 13.0. The Hall–Kier alpha value is -3.85. The summed E-state index contributed by atoms with van der Waals surface area (Å²) in [5.41, 5.74) is 3.93. The van der Waals surface area contributed by atoms with E-state index in [0.717, 1.165) is 16.9 Å². The van der Waals surface area contributed by atoms with E-state index < -0.39 is 0 Å². The van der Waals surface area contributed by atoms with E-state index in [9.17, 15) is 9.18 Å². The molecule has 1 amide bonds. The fourth-order valence-electron chi connectivity index (χ4n) is 2.92. The summed E-state index contributed by atoms with van der Waals surface area (Å²) in [6.45, 7) is 2.39.